The normalized spacial score (nSPS) is 20.3. The minimum absolute atomic E-state index is 0.0707. The summed E-state index contributed by atoms with van der Waals surface area (Å²) in [5.74, 6) is -0.387. The number of nitrogens with one attached hydrogen (secondary N) is 1. The number of nitrogens with zero attached hydrogens (tertiary/aromatic N) is 3. The molecule has 2 fully saturated rings. The van der Waals surface area contributed by atoms with Gasteiger partial charge in [-0.1, -0.05) is 30.3 Å². The highest BCUT2D eigenvalue weighted by Gasteiger charge is 2.48. The Bertz CT molecular complexity index is 812. The van der Waals surface area contributed by atoms with Crippen LogP contribution in [0.5, 0.6) is 0 Å². The number of ether oxygens (including phenoxy) is 1. The van der Waals surface area contributed by atoms with Gasteiger partial charge in [-0.25, -0.2) is 15.1 Å². The number of carbonyl (C=O) groups is 3. The number of urea groups is 1. The molecule has 0 aromatic heterocycles. The molecule has 10 nitrogen and oxygen atoms in total. The zero-order valence-corrected chi connectivity index (χ0v) is 19.1. The van der Waals surface area contributed by atoms with Crippen LogP contribution < -0.4 is 5.48 Å². The van der Waals surface area contributed by atoms with Crippen LogP contribution in [0.2, 0.25) is 0 Å². The van der Waals surface area contributed by atoms with Gasteiger partial charge in [0.2, 0.25) is 0 Å². The summed E-state index contributed by atoms with van der Waals surface area (Å²) >= 11 is 0. The number of amides is 4. The van der Waals surface area contributed by atoms with Crippen LogP contribution in [0, 0.1) is 0 Å². The van der Waals surface area contributed by atoms with E-state index in [2.05, 4.69) is 5.48 Å². The van der Waals surface area contributed by atoms with E-state index in [9.17, 15) is 14.4 Å². The second kappa shape index (κ2) is 10.2. The number of rotatable bonds is 8. The molecule has 32 heavy (non-hydrogen) atoms. The molecule has 1 N–H and O–H groups in total. The first-order valence-electron chi connectivity index (χ1n) is 10.8. The molecule has 1 unspecified atom stereocenters. The lowest BCUT2D eigenvalue weighted by Crippen LogP contribution is -2.50. The van der Waals surface area contributed by atoms with Crippen molar-refractivity contribution >= 4 is 18.0 Å². The van der Waals surface area contributed by atoms with Crippen molar-refractivity contribution in [1.29, 1.82) is 0 Å². The fourth-order valence-electron chi connectivity index (χ4n) is 3.59. The predicted molar refractivity (Wildman–Crippen MR) is 115 cm³/mol. The number of hydroxylamine groups is 3. The highest BCUT2D eigenvalue weighted by molar-refractivity contribution is 5.88. The van der Waals surface area contributed by atoms with Crippen molar-refractivity contribution in [3.63, 3.8) is 0 Å². The van der Waals surface area contributed by atoms with Gasteiger partial charge in [0.15, 0.2) is 0 Å². The Balaban J connectivity index is 1.42. The van der Waals surface area contributed by atoms with Gasteiger partial charge in [-0.3, -0.25) is 14.5 Å². The van der Waals surface area contributed by atoms with Crippen LogP contribution in [0.1, 0.15) is 39.2 Å². The zero-order chi connectivity index (χ0) is 23.3. The molecule has 2 atom stereocenters. The van der Waals surface area contributed by atoms with E-state index in [-0.39, 0.29) is 31.1 Å². The quantitative estimate of drug-likeness (QED) is 0.484. The maximum atomic E-state index is 12.8. The molecule has 0 aliphatic carbocycles. The molecule has 1 aromatic rings. The summed E-state index contributed by atoms with van der Waals surface area (Å²) in [4.78, 5) is 51.2. The molecule has 4 amide bonds. The van der Waals surface area contributed by atoms with Gasteiger partial charge in [-0.15, -0.1) is 0 Å². The first kappa shape index (κ1) is 23.8. The van der Waals surface area contributed by atoms with E-state index in [1.54, 1.807) is 27.8 Å². The van der Waals surface area contributed by atoms with Crippen molar-refractivity contribution in [2.75, 3.05) is 26.7 Å². The number of hydrogen-bond acceptors (Lipinski definition) is 6. The van der Waals surface area contributed by atoms with Gasteiger partial charge in [0.1, 0.15) is 18.2 Å². The maximum absolute atomic E-state index is 12.8. The molecule has 2 bridgehead atoms. The summed E-state index contributed by atoms with van der Waals surface area (Å²) in [6, 6.07) is 8.61. The third-order valence-corrected chi connectivity index (χ3v) is 5.25. The van der Waals surface area contributed by atoms with Crippen LogP contribution in [0.15, 0.2) is 30.3 Å². The summed E-state index contributed by atoms with van der Waals surface area (Å²) in [5.41, 5.74) is 2.79. The van der Waals surface area contributed by atoms with Crippen LogP contribution in [0.3, 0.4) is 0 Å². The number of likely N-dealkylation sites (N-methyl/N-ethyl adjacent to an activating group) is 1. The number of benzene rings is 1. The van der Waals surface area contributed by atoms with Gasteiger partial charge in [-0.2, -0.15) is 5.06 Å². The van der Waals surface area contributed by atoms with Gasteiger partial charge in [0, 0.05) is 20.1 Å². The summed E-state index contributed by atoms with van der Waals surface area (Å²) < 4.78 is 5.26. The fourth-order valence-corrected chi connectivity index (χ4v) is 3.59. The second-order valence-electron chi connectivity index (χ2n) is 8.98. The molecule has 3 rings (SSSR count). The minimum atomic E-state index is -0.618. The van der Waals surface area contributed by atoms with Crippen LogP contribution in [0.25, 0.3) is 0 Å². The van der Waals surface area contributed by atoms with Crippen molar-refractivity contribution in [1.82, 2.24) is 20.3 Å². The number of carbonyl (C=O) groups excluding carboxylic acids is 3. The Hall–Kier alpha value is -2.85. The molecule has 2 aliphatic heterocycles. The van der Waals surface area contributed by atoms with Crippen molar-refractivity contribution in [3.8, 4) is 0 Å². The number of fused-ring (bicyclic) bond motifs is 2. The summed E-state index contributed by atoms with van der Waals surface area (Å²) in [5, 5.41) is 1.39. The monoisotopic (exact) mass is 448 g/mol. The Morgan fingerprint density at radius 3 is 2.59 bits per heavy atom. The maximum Gasteiger partial charge on any atom is 0.410 e. The molecule has 10 heteroatoms. The van der Waals surface area contributed by atoms with E-state index >= 15 is 0 Å². The average molecular weight is 449 g/mol. The van der Waals surface area contributed by atoms with E-state index < -0.39 is 17.7 Å². The third-order valence-electron chi connectivity index (χ3n) is 5.25. The standard InChI is InChI=1S/C22H32N4O6/c1-22(2,3)32-21(29)24(4)12-13-30-23-19(27)18-11-10-17-14-25(18)20(28)26(17)31-15-16-8-6-5-7-9-16/h5-9,17-18H,10-15H2,1-4H3,(H,23,27)/t17?,18-/m0/s1. The van der Waals surface area contributed by atoms with Crippen molar-refractivity contribution in [2.24, 2.45) is 0 Å². The third kappa shape index (κ3) is 6.10. The first-order chi connectivity index (χ1) is 15.2. The van der Waals surface area contributed by atoms with Gasteiger partial charge in [-0.05, 0) is 39.2 Å². The first-order valence-corrected chi connectivity index (χ1v) is 10.8. The van der Waals surface area contributed by atoms with Crippen molar-refractivity contribution in [2.45, 2.75) is 57.9 Å². The lowest BCUT2D eigenvalue weighted by Gasteiger charge is -2.29. The van der Waals surface area contributed by atoms with E-state index in [0.29, 0.717) is 26.0 Å². The number of piperidine rings is 1. The topological polar surface area (TPSA) is 101 Å². The van der Waals surface area contributed by atoms with E-state index in [1.165, 1.54) is 14.9 Å². The summed E-state index contributed by atoms with van der Waals surface area (Å²) in [6.45, 7) is 6.44. The SMILES string of the molecule is CN(CCONC(=O)[C@@H]1CCC2CN1C(=O)N2OCc1ccccc1)C(=O)OC(C)(C)C. The highest BCUT2D eigenvalue weighted by atomic mass is 16.7. The van der Waals surface area contributed by atoms with Crippen LogP contribution in [0.4, 0.5) is 9.59 Å². The van der Waals surface area contributed by atoms with Crippen molar-refractivity contribution < 1.29 is 28.8 Å². The van der Waals surface area contributed by atoms with E-state index in [0.717, 1.165) is 5.56 Å². The molecule has 176 valence electrons. The van der Waals surface area contributed by atoms with Crippen LogP contribution >= 0.6 is 0 Å². The van der Waals surface area contributed by atoms with Gasteiger partial charge < -0.3 is 14.5 Å². The molecule has 0 saturated carbocycles. The predicted octanol–water partition coefficient (Wildman–Crippen LogP) is 2.30. The molecule has 0 radical (unpaired) electrons. The van der Waals surface area contributed by atoms with Crippen LogP contribution in [-0.2, 0) is 25.8 Å². The molecular formula is C22H32N4O6. The van der Waals surface area contributed by atoms with Gasteiger partial charge in [0.05, 0.1) is 12.6 Å². The minimum Gasteiger partial charge on any atom is -0.444 e. The molecule has 2 aliphatic rings. The lowest BCUT2D eigenvalue weighted by atomic mass is 10.0. The Morgan fingerprint density at radius 2 is 1.91 bits per heavy atom. The van der Waals surface area contributed by atoms with Gasteiger partial charge >= 0.3 is 12.1 Å². The fraction of sp³-hybridized carbons (Fsp3) is 0.591. The summed E-state index contributed by atoms with van der Waals surface area (Å²) in [6.07, 6.45) is 0.717. The number of hydrogen-bond donors (Lipinski definition) is 1. The molecule has 0 spiro atoms. The van der Waals surface area contributed by atoms with Crippen LogP contribution in [-0.4, -0.2) is 77.3 Å². The Kier molecular flexibility index (Phi) is 7.57. The largest absolute Gasteiger partial charge is 0.444 e. The van der Waals surface area contributed by atoms with E-state index in [1.807, 2.05) is 30.3 Å². The smallest absolute Gasteiger partial charge is 0.410 e. The lowest BCUT2D eigenvalue weighted by molar-refractivity contribution is -0.141. The second-order valence-corrected chi connectivity index (χ2v) is 8.98. The average Bonchev–Trinajstić information content (AvgIpc) is 2.98. The Morgan fingerprint density at radius 1 is 1.19 bits per heavy atom. The van der Waals surface area contributed by atoms with Gasteiger partial charge in [0.25, 0.3) is 5.91 Å². The summed E-state index contributed by atoms with van der Waals surface area (Å²) in [7, 11) is 1.59. The molecular weight excluding hydrogens is 416 g/mol. The van der Waals surface area contributed by atoms with E-state index in [4.69, 9.17) is 14.4 Å². The Labute approximate surface area is 188 Å². The molecule has 2 heterocycles. The molecule has 1 aromatic carbocycles. The zero-order valence-electron chi connectivity index (χ0n) is 19.1. The molecule has 2 saturated heterocycles. The van der Waals surface area contributed by atoms with Crippen molar-refractivity contribution in [3.05, 3.63) is 35.9 Å². The highest BCUT2D eigenvalue weighted by Crippen LogP contribution is 2.30.